The lowest BCUT2D eigenvalue weighted by Gasteiger charge is -2.33. The van der Waals surface area contributed by atoms with Gasteiger partial charge in [-0.1, -0.05) is 12.1 Å². The zero-order chi connectivity index (χ0) is 20.3. The number of nitrogens with one attached hydrogen (secondary N) is 2. The molecule has 28 heavy (non-hydrogen) atoms. The monoisotopic (exact) mass is 383 g/mol. The van der Waals surface area contributed by atoms with Gasteiger partial charge in [0.05, 0.1) is 24.5 Å². The number of ether oxygens (including phenoxy) is 1. The summed E-state index contributed by atoms with van der Waals surface area (Å²) < 4.78 is 10.3. The molecule has 3 amide bonds. The summed E-state index contributed by atoms with van der Waals surface area (Å²) >= 11 is 0. The summed E-state index contributed by atoms with van der Waals surface area (Å²) in [6, 6.07) is 9.07. The number of urea groups is 1. The van der Waals surface area contributed by atoms with E-state index >= 15 is 0 Å². The van der Waals surface area contributed by atoms with Crippen LogP contribution in [0.4, 0.5) is 10.5 Å². The van der Waals surface area contributed by atoms with Gasteiger partial charge in [0.15, 0.2) is 5.76 Å². The van der Waals surface area contributed by atoms with Gasteiger partial charge in [0.25, 0.3) is 5.91 Å². The quantitative estimate of drug-likeness (QED) is 0.773. The fourth-order valence-corrected chi connectivity index (χ4v) is 2.96. The van der Waals surface area contributed by atoms with Gasteiger partial charge in [-0.25, -0.2) is 9.59 Å². The molecule has 146 valence electrons. The van der Waals surface area contributed by atoms with E-state index in [1.807, 2.05) is 0 Å². The SMILES string of the molecule is CCOC(=O)C1=C(C)N(C)C(=O)N[C@@H]1c1cccc(NC(=O)c2ccco2)c1. The van der Waals surface area contributed by atoms with Crippen molar-refractivity contribution in [2.45, 2.75) is 19.9 Å². The lowest BCUT2D eigenvalue weighted by molar-refractivity contribution is -0.139. The Balaban J connectivity index is 1.93. The Morgan fingerprint density at radius 2 is 2.07 bits per heavy atom. The highest BCUT2D eigenvalue weighted by molar-refractivity contribution is 6.02. The van der Waals surface area contributed by atoms with Gasteiger partial charge in [-0.15, -0.1) is 0 Å². The zero-order valence-electron chi connectivity index (χ0n) is 15.8. The number of rotatable bonds is 5. The van der Waals surface area contributed by atoms with Crippen molar-refractivity contribution in [1.29, 1.82) is 0 Å². The van der Waals surface area contributed by atoms with Gasteiger partial charge >= 0.3 is 12.0 Å². The van der Waals surface area contributed by atoms with E-state index in [1.165, 1.54) is 11.2 Å². The summed E-state index contributed by atoms with van der Waals surface area (Å²) in [5, 5.41) is 5.54. The van der Waals surface area contributed by atoms with Gasteiger partial charge in [0, 0.05) is 18.4 Å². The van der Waals surface area contributed by atoms with Crippen LogP contribution in [-0.4, -0.2) is 36.5 Å². The number of esters is 1. The van der Waals surface area contributed by atoms with E-state index in [1.54, 1.807) is 57.3 Å². The number of anilines is 1. The molecule has 0 saturated heterocycles. The second kappa shape index (κ2) is 7.99. The Labute approximate surface area is 162 Å². The second-order valence-corrected chi connectivity index (χ2v) is 6.22. The summed E-state index contributed by atoms with van der Waals surface area (Å²) in [5.74, 6) is -0.713. The normalized spacial score (nSPS) is 16.6. The maximum absolute atomic E-state index is 12.5. The van der Waals surface area contributed by atoms with Gasteiger partial charge in [-0.2, -0.15) is 0 Å². The van der Waals surface area contributed by atoms with E-state index in [0.29, 0.717) is 22.5 Å². The molecule has 2 heterocycles. The third kappa shape index (κ3) is 3.75. The Morgan fingerprint density at radius 3 is 2.75 bits per heavy atom. The van der Waals surface area contributed by atoms with Crippen LogP contribution in [0, 0.1) is 0 Å². The molecule has 0 saturated carbocycles. The van der Waals surface area contributed by atoms with Crippen LogP contribution in [-0.2, 0) is 9.53 Å². The number of carbonyl (C=O) groups is 3. The number of hydrogen-bond donors (Lipinski definition) is 2. The first-order valence-electron chi connectivity index (χ1n) is 8.79. The van der Waals surface area contributed by atoms with Crippen LogP contribution in [0.15, 0.2) is 58.3 Å². The minimum atomic E-state index is -0.691. The molecule has 0 radical (unpaired) electrons. The van der Waals surface area contributed by atoms with E-state index in [4.69, 9.17) is 9.15 Å². The van der Waals surface area contributed by atoms with Gasteiger partial charge in [-0.05, 0) is 43.7 Å². The van der Waals surface area contributed by atoms with Crippen molar-refractivity contribution in [2.75, 3.05) is 19.0 Å². The molecule has 2 aromatic rings. The molecule has 8 heteroatoms. The molecule has 1 aromatic heterocycles. The molecule has 2 N–H and O–H groups in total. The highest BCUT2D eigenvalue weighted by Crippen LogP contribution is 2.31. The van der Waals surface area contributed by atoms with E-state index in [-0.39, 0.29) is 18.4 Å². The number of amides is 3. The molecule has 1 aliphatic rings. The smallest absolute Gasteiger partial charge is 0.338 e. The Hall–Kier alpha value is -3.55. The first-order valence-corrected chi connectivity index (χ1v) is 8.79. The highest BCUT2D eigenvalue weighted by atomic mass is 16.5. The van der Waals surface area contributed by atoms with Crippen molar-refractivity contribution in [2.24, 2.45) is 0 Å². The lowest BCUT2D eigenvalue weighted by Crippen LogP contribution is -2.46. The van der Waals surface area contributed by atoms with Crippen molar-refractivity contribution in [3.05, 3.63) is 65.3 Å². The topological polar surface area (TPSA) is 101 Å². The van der Waals surface area contributed by atoms with Crippen molar-refractivity contribution in [3.8, 4) is 0 Å². The predicted molar refractivity (Wildman–Crippen MR) is 101 cm³/mol. The van der Waals surface area contributed by atoms with Crippen molar-refractivity contribution < 1.29 is 23.5 Å². The van der Waals surface area contributed by atoms with Gasteiger partial charge in [-0.3, -0.25) is 4.79 Å². The molecule has 1 aliphatic heterocycles. The van der Waals surface area contributed by atoms with Gasteiger partial charge in [0.1, 0.15) is 0 Å². The average molecular weight is 383 g/mol. The second-order valence-electron chi connectivity index (χ2n) is 6.22. The van der Waals surface area contributed by atoms with Crippen molar-refractivity contribution >= 4 is 23.6 Å². The molecule has 0 fully saturated rings. The van der Waals surface area contributed by atoms with Crippen LogP contribution in [0.1, 0.15) is 36.0 Å². The van der Waals surface area contributed by atoms with E-state index in [2.05, 4.69) is 10.6 Å². The Kier molecular flexibility index (Phi) is 5.49. The molecule has 0 aliphatic carbocycles. The molecule has 3 rings (SSSR count). The summed E-state index contributed by atoms with van der Waals surface area (Å²) in [6.07, 6.45) is 1.42. The van der Waals surface area contributed by atoms with Crippen LogP contribution in [0.25, 0.3) is 0 Å². The van der Waals surface area contributed by atoms with E-state index in [0.717, 1.165) is 0 Å². The molecular weight excluding hydrogens is 362 g/mol. The molecule has 8 nitrogen and oxygen atoms in total. The van der Waals surface area contributed by atoms with Crippen LogP contribution in [0.3, 0.4) is 0 Å². The molecular formula is C20H21N3O5. The first-order chi connectivity index (χ1) is 13.4. The number of allylic oxidation sites excluding steroid dienone is 1. The van der Waals surface area contributed by atoms with Gasteiger partial charge < -0.3 is 24.7 Å². The van der Waals surface area contributed by atoms with Crippen LogP contribution >= 0.6 is 0 Å². The lowest BCUT2D eigenvalue weighted by atomic mass is 9.94. The average Bonchev–Trinajstić information content (AvgIpc) is 3.21. The van der Waals surface area contributed by atoms with Crippen molar-refractivity contribution in [3.63, 3.8) is 0 Å². The molecule has 0 unspecified atom stereocenters. The van der Waals surface area contributed by atoms with Crippen molar-refractivity contribution in [1.82, 2.24) is 10.2 Å². The number of furan rings is 1. The number of hydrogen-bond acceptors (Lipinski definition) is 5. The Bertz CT molecular complexity index is 933. The third-order valence-electron chi connectivity index (χ3n) is 4.47. The minimum absolute atomic E-state index is 0.181. The van der Waals surface area contributed by atoms with E-state index < -0.39 is 17.9 Å². The van der Waals surface area contributed by atoms with Gasteiger partial charge in [0.2, 0.25) is 0 Å². The fraction of sp³-hybridized carbons (Fsp3) is 0.250. The number of carbonyl (C=O) groups excluding carboxylic acids is 3. The minimum Gasteiger partial charge on any atom is -0.463 e. The molecule has 0 bridgehead atoms. The molecule has 1 atom stereocenters. The summed E-state index contributed by atoms with van der Waals surface area (Å²) in [5.41, 5.74) is 2.00. The fourth-order valence-electron chi connectivity index (χ4n) is 2.96. The Morgan fingerprint density at radius 1 is 1.29 bits per heavy atom. The first kappa shape index (κ1) is 19.2. The molecule has 1 aromatic carbocycles. The predicted octanol–water partition coefficient (Wildman–Crippen LogP) is 3.07. The third-order valence-corrected chi connectivity index (χ3v) is 4.47. The van der Waals surface area contributed by atoms with Crippen LogP contribution in [0.5, 0.6) is 0 Å². The molecule has 0 spiro atoms. The highest BCUT2D eigenvalue weighted by Gasteiger charge is 2.35. The summed E-state index contributed by atoms with van der Waals surface area (Å²) in [4.78, 5) is 38.4. The van der Waals surface area contributed by atoms with E-state index in [9.17, 15) is 14.4 Å². The van der Waals surface area contributed by atoms with Crippen LogP contribution < -0.4 is 10.6 Å². The largest absolute Gasteiger partial charge is 0.463 e. The maximum atomic E-state index is 12.5. The maximum Gasteiger partial charge on any atom is 0.338 e. The summed E-state index contributed by atoms with van der Waals surface area (Å²) in [6.45, 7) is 3.64. The summed E-state index contributed by atoms with van der Waals surface area (Å²) in [7, 11) is 1.58. The van der Waals surface area contributed by atoms with Crippen LogP contribution in [0.2, 0.25) is 0 Å². The standard InChI is InChI=1S/C20H21N3O5/c1-4-27-19(25)16-12(2)23(3)20(26)22-17(16)13-7-5-8-14(11-13)21-18(24)15-9-6-10-28-15/h5-11,17H,4H2,1-3H3,(H,21,24)(H,22,26)/t17-/m1/s1. The zero-order valence-corrected chi connectivity index (χ0v) is 15.8. The number of nitrogens with zero attached hydrogens (tertiary/aromatic N) is 1. The number of benzene rings is 1.